The summed E-state index contributed by atoms with van der Waals surface area (Å²) in [6.45, 7) is 13.0. The Hall–Kier alpha value is -3.21. The second kappa shape index (κ2) is 5.91. The van der Waals surface area contributed by atoms with Gasteiger partial charge in [0.1, 0.15) is 22.7 Å². The van der Waals surface area contributed by atoms with Crippen LogP contribution in [0.25, 0.3) is 38.4 Å². The maximum absolute atomic E-state index is 10.4. The first kappa shape index (κ1) is 18.8. The number of rotatable bonds is 0. The van der Waals surface area contributed by atoms with Gasteiger partial charge in [0.25, 0.3) is 0 Å². The monoisotopic (exact) mass is 398 g/mol. The van der Waals surface area contributed by atoms with E-state index in [1.54, 1.807) is 6.07 Å². The molecule has 0 radical (unpaired) electrons. The van der Waals surface area contributed by atoms with E-state index in [0.29, 0.717) is 5.75 Å². The Balaban J connectivity index is 2.00. The van der Waals surface area contributed by atoms with Crippen molar-refractivity contribution in [2.45, 2.75) is 52.4 Å². The molecule has 0 spiro atoms. The third kappa shape index (κ3) is 2.72. The van der Waals surface area contributed by atoms with Gasteiger partial charge in [-0.05, 0) is 35.0 Å². The van der Waals surface area contributed by atoms with Crippen LogP contribution in [0.5, 0.6) is 5.75 Å². The van der Waals surface area contributed by atoms with Crippen molar-refractivity contribution in [1.29, 1.82) is 0 Å². The third-order valence-electron chi connectivity index (χ3n) is 5.64. The average molecular weight is 399 g/mol. The zero-order valence-electron chi connectivity index (χ0n) is 18.3. The van der Waals surface area contributed by atoms with Crippen molar-refractivity contribution >= 4 is 38.4 Å². The number of fused-ring (bicyclic) bond motifs is 6. The maximum atomic E-state index is 10.4. The van der Waals surface area contributed by atoms with Gasteiger partial charge in [-0.25, -0.2) is 15.0 Å². The number of benzene rings is 2. The first-order valence-electron chi connectivity index (χ1n) is 10.3. The van der Waals surface area contributed by atoms with Crippen molar-refractivity contribution in [2.75, 3.05) is 0 Å². The summed E-state index contributed by atoms with van der Waals surface area (Å²) in [6.07, 6.45) is 1.83. The highest BCUT2D eigenvalue weighted by atomic mass is 16.3. The van der Waals surface area contributed by atoms with Crippen LogP contribution in [0, 0.1) is 0 Å². The fourth-order valence-electron chi connectivity index (χ4n) is 4.05. The molecule has 5 heteroatoms. The first-order valence-corrected chi connectivity index (χ1v) is 10.3. The number of pyridine rings is 1. The molecule has 5 aromatic rings. The third-order valence-corrected chi connectivity index (χ3v) is 5.64. The highest BCUT2D eigenvalue weighted by Crippen LogP contribution is 2.36. The molecule has 0 saturated carbocycles. The lowest BCUT2D eigenvalue weighted by atomic mass is 9.89. The maximum Gasteiger partial charge on any atom is 0.168 e. The average Bonchev–Trinajstić information content (AvgIpc) is 3.04. The molecule has 0 amide bonds. The molecule has 3 aromatic heterocycles. The molecule has 0 bridgehead atoms. The van der Waals surface area contributed by atoms with Gasteiger partial charge in [0.2, 0.25) is 0 Å². The fourth-order valence-corrected chi connectivity index (χ4v) is 4.05. The summed E-state index contributed by atoms with van der Waals surface area (Å²) in [5.41, 5.74) is 3.36. The van der Waals surface area contributed by atoms with E-state index >= 15 is 0 Å². The summed E-state index contributed by atoms with van der Waals surface area (Å²) in [7, 11) is 0. The molecular formula is C25H26N4O. The van der Waals surface area contributed by atoms with Crippen LogP contribution in [0.15, 0.2) is 42.6 Å². The molecule has 5 nitrogen and oxygen atoms in total. The van der Waals surface area contributed by atoms with Crippen molar-refractivity contribution in [3.05, 3.63) is 54.1 Å². The summed E-state index contributed by atoms with van der Waals surface area (Å²) < 4.78 is 2.18. The largest absolute Gasteiger partial charge is 0.507 e. The van der Waals surface area contributed by atoms with Crippen LogP contribution in [0.3, 0.4) is 0 Å². The zero-order chi connectivity index (χ0) is 21.4. The Labute approximate surface area is 175 Å². The Kier molecular flexibility index (Phi) is 3.70. The molecule has 0 atom stereocenters. The number of nitrogens with zero attached hydrogens (tertiary/aromatic N) is 4. The van der Waals surface area contributed by atoms with Crippen LogP contribution in [-0.2, 0) is 10.8 Å². The Morgan fingerprint density at radius 1 is 0.800 bits per heavy atom. The Bertz CT molecular complexity index is 1470. The SMILES string of the molecule is CC(C)(C)c1ncc2nc3c4cc5cccc(O)c5cc4cc(C(C)(C)C)n3c2n1. The van der Waals surface area contributed by atoms with Gasteiger partial charge in [0, 0.05) is 27.3 Å². The molecule has 0 unspecified atom stereocenters. The van der Waals surface area contributed by atoms with Gasteiger partial charge >= 0.3 is 0 Å². The predicted octanol–water partition coefficient (Wildman–Crippen LogP) is 5.88. The van der Waals surface area contributed by atoms with Gasteiger partial charge in [-0.2, -0.15) is 0 Å². The molecule has 0 fully saturated rings. The van der Waals surface area contributed by atoms with Crippen molar-refractivity contribution in [3.8, 4) is 5.75 Å². The number of phenolic OH excluding ortho intramolecular Hbond substituents is 1. The van der Waals surface area contributed by atoms with Crippen molar-refractivity contribution in [1.82, 2.24) is 19.4 Å². The molecular weight excluding hydrogens is 372 g/mol. The standard InChI is InChI=1S/C25H26N4O/c1-24(2,3)20-12-15-11-16-14(8-7-9-19(16)30)10-17(15)21-27-18-13-26-23(25(4,5)6)28-22(18)29(20)21/h7-13,30H,1-6H3. The molecule has 0 saturated heterocycles. The van der Waals surface area contributed by atoms with Crippen molar-refractivity contribution < 1.29 is 5.11 Å². The molecule has 0 aliphatic rings. The van der Waals surface area contributed by atoms with Crippen molar-refractivity contribution in [3.63, 3.8) is 0 Å². The molecule has 152 valence electrons. The summed E-state index contributed by atoms with van der Waals surface area (Å²) in [6, 6.07) is 12.0. The van der Waals surface area contributed by atoms with Crippen LogP contribution in [0.1, 0.15) is 53.1 Å². The molecule has 1 N–H and O–H groups in total. The van der Waals surface area contributed by atoms with Gasteiger partial charge in [-0.1, -0.05) is 53.7 Å². The molecule has 3 heterocycles. The lowest BCUT2D eigenvalue weighted by molar-refractivity contribution is 0.481. The lowest BCUT2D eigenvalue weighted by Gasteiger charge is -2.22. The second-order valence-electron chi connectivity index (χ2n) is 10.1. The topological polar surface area (TPSA) is 63.3 Å². The molecule has 0 aliphatic carbocycles. The highest BCUT2D eigenvalue weighted by molar-refractivity contribution is 6.07. The number of aromatic nitrogens is 4. The smallest absolute Gasteiger partial charge is 0.168 e. The summed E-state index contributed by atoms with van der Waals surface area (Å²) in [5, 5.41) is 14.3. The Morgan fingerprint density at radius 2 is 1.53 bits per heavy atom. The van der Waals surface area contributed by atoms with E-state index in [0.717, 1.165) is 49.9 Å². The van der Waals surface area contributed by atoms with Gasteiger partial charge in [0.05, 0.1) is 6.20 Å². The summed E-state index contributed by atoms with van der Waals surface area (Å²) >= 11 is 0. The van der Waals surface area contributed by atoms with Crippen LogP contribution >= 0.6 is 0 Å². The normalized spacial score (nSPS) is 13.1. The van der Waals surface area contributed by atoms with Crippen LogP contribution in [-0.4, -0.2) is 24.5 Å². The summed E-state index contributed by atoms with van der Waals surface area (Å²) in [4.78, 5) is 14.5. The van der Waals surface area contributed by atoms with E-state index in [1.165, 1.54) is 0 Å². The number of aromatic hydroxyl groups is 1. The minimum atomic E-state index is -0.148. The highest BCUT2D eigenvalue weighted by Gasteiger charge is 2.24. The summed E-state index contributed by atoms with van der Waals surface area (Å²) in [5.74, 6) is 1.10. The molecule has 0 aliphatic heterocycles. The van der Waals surface area contributed by atoms with Crippen molar-refractivity contribution in [2.24, 2.45) is 0 Å². The number of phenols is 1. The molecule has 30 heavy (non-hydrogen) atoms. The first-order chi connectivity index (χ1) is 14.0. The zero-order valence-corrected chi connectivity index (χ0v) is 18.3. The van der Waals surface area contributed by atoms with Gasteiger partial charge in [0.15, 0.2) is 5.65 Å². The molecule has 5 rings (SSSR count). The van der Waals surface area contributed by atoms with Crippen LogP contribution in [0.4, 0.5) is 0 Å². The number of hydrogen-bond donors (Lipinski definition) is 1. The van der Waals surface area contributed by atoms with E-state index in [2.05, 4.69) is 69.1 Å². The Morgan fingerprint density at radius 3 is 2.23 bits per heavy atom. The van der Waals surface area contributed by atoms with Gasteiger partial charge < -0.3 is 5.11 Å². The van der Waals surface area contributed by atoms with E-state index in [1.807, 2.05) is 18.3 Å². The second-order valence-corrected chi connectivity index (χ2v) is 10.1. The van der Waals surface area contributed by atoms with Crippen LogP contribution < -0.4 is 0 Å². The minimum Gasteiger partial charge on any atom is -0.507 e. The fraction of sp³-hybridized carbons (Fsp3) is 0.320. The number of imidazole rings is 1. The van der Waals surface area contributed by atoms with E-state index in [4.69, 9.17) is 9.97 Å². The van der Waals surface area contributed by atoms with Gasteiger partial charge in [-0.15, -0.1) is 0 Å². The quantitative estimate of drug-likeness (QED) is 0.331. The predicted molar refractivity (Wildman–Crippen MR) is 122 cm³/mol. The van der Waals surface area contributed by atoms with E-state index < -0.39 is 0 Å². The van der Waals surface area contributed by atoms with E-state index in [-0.39, 0.29) is 10.8 Å². The minimum absolute atomic E-state index is 0.124. The molecule has 2 aromatic carbocycles. The van der Waals surface area contributed by atoms with Crippen LogP contribution in [0.2, 0.25) is 0 Å². The number of hydrogen-bond acceptors (Lipinski definition) is 4. The van der Waals surface area contributed by atoms with Gasteiger partial charge in [-0.3, -0.25) is 4.40 Å². The van der Waals surface area contributed by atoms with E-state index in [9.17, 15) is 5.11 Å². The lowest BCUT2D eigenvalue weighted by Crippen LogP contribution is -2.18.